The van der Waals surface area contributed by atoms with E-state index in [4.69, 9.17) is 0 Å². The molecule has 33 heavy (non-hydrogen) atoms. The third kappa shape index (κ3) is 3.41. The third-order valence-electron chi connectivity index (χ3n) is 10.4. The first-order valence-corrected chi connectivity index (χ1v) is 12.8. The zero-order valence-electron chi connectivity index (χ0n) is 19.9. The lowest BCUT2D eigenvalue weighted by Crippen LogP contribution is -2.61. The molecule has 3 saturated carbocycles. The molecule has 7 nitrogen and oxygen atoms in total. The minimum absolute atomic E-state index is 0.0298. The normalized spacial score (nSPS) is 48.6. The number of Topliss-reactive ketones (excluding diaryl/α,β-unsaturated/α-hetero) is 1. The highest BCUT2D eigenvalue weighted by molar-refractivity contribution is 5.95. The minimum Gasteiger partial charge on any atom is -0.393 e. The fourth-order valence-corrected chi connectivity index (χ4v) is 8.29. The number of allylic oxidation sites excluding steroid dienone is 1. The van der Waals surface area contributed by atoms with Gasteiger partial charge in [0.15, 0.2) is 11.6 Å². The summed E-state index contributed by atoms with van der Waals surface area (Å²) in [4.78, 5) is 28.8. The van der Waals surface area contributed by atoms with Crippen molar-refractivity contribution in [3.8, 4) is 0 Å². The van der Waals surface area contributed by atoms with E-state index in [0.29, 0.717) is 45.1 Å². The summed E-state index contributed by atoms with van der Waals surface area (Å²) in [7, 11) is 0. The second-order valence-electron chi connectivity index (χ2n) is 12.1. The molecule has 0 radical (unpaired) electrons. The zero-order valence-corrected chi connectivity index (χ0v) is 19.9. The maximum absolute atomic E-state index is 13.4. The summed E-state index contributed by atoms with van der Waals surface area (Å²) >= 11 is 0. The predicted octanol–water partition coefficient (Wildman–Crippen LogP) is 1.22. The largest absolute Gasteiger partial charge is 0.393 e. The maximum Gasteiger partial charge on any atom is 0.159 e. The van der Waals surface area contributed by atoms with Crippen LogP contribution < -0.4 is 0 Å². The second kappa shape index (κ2) is 7.95. The number of rotatable bonds is 3. The van der Waals surface area contributed by atoms with Crippen LogP contribution in [0.1, 0.15) is 65.2 Å². The van der Waals surface area contributed by atoms with Crippen LogP contribution in [-0.4, -0.2) is 80.4 Å². The summed E-state index contributed by atoms with van der Waals surface area (Å²) < 4.78 is 0. The van der Waals surface area contributed by atoms with Gasteiger partial charge in [-0.05, 0) is 74.3 Å². The highest BCUT2D eigenvalue weighted by Crippen LogP contribution is 2.67. The van der Waals surface area contributed by atoms with Gasteiger partial charge in [-0.2, -0.15) is 0 Å². The number of carbonyl (C=O) groups excluding carboxylic acids is 2. The molecule has 0 spiro atoms. The molecular weight excluding hydrogens is 422 g/mol. The molecule has 0 aromatic rings. The van der Waals surface area contributed by atoms with Gasteiger partial charge >= 0.3 is 0 Å². The van der Waals surface area contributed by atoms with Crippen LogP contribution >= 0.6 is 0 Å². The maximum atomic E-state index is 13.4. The molecule has 5 aliphatic rings. The quantitative estimate of drug-likeness (QED) is 0.499. The molecule has 0 amide bonds. The number of carbonyl (C=O) groups is 2. The monoisotopic (exact) mass is 461 g/mol. The Bertz CT molecular complexity index is 865. The Morgan fingerprint density at radius 1 is 1.03 bits per heavy atom. The van der Waals surface area contributed by atoms with Crippen molar-refractivity contribution >= 4 is 11.6 Å². The molecular formula is C26H39NO6. The Morgan fingerprint density at radius 2 is 1.73 bits per heavy atom. The molecule has 1 aliphatic heterocycles. The van der Waals surface area contributed by atoms with Crippen molar-refractivity contribution in [3.05, 3.63) is 11.6 Å². The van der Waals surface area contributed by atoms with Gasteiger partial charge in [0.05, 0.1) is 30.5 Å². The smallest absolute Gasteiger partial charge is 0.159 e. The number of aliphatic hydroxyl groups excluding tert-OH is 3. The lowest BCUT2D eigenvalue weighted by Gasteiger charge is -2.59. The molecule has 0 bridgehead atoms. The van der Waals surface area contributed by atoms with Crippen LogP contribution in [0.2, 0.25) is 0 Å². The van der Waals surface area contributed by atoms with Crippen LogP contribution in [0.4, 0.5) is 0 Å². The van der Waals surface area contributed by atoms with Crippen molar-refractivity contribution in [2.45, 2.75) is 89.1 Å². The van der Waals surface area contributed by atoms with Crippen LogP contribution in [-0.2, 0) is 9.59 Å². The average Bonchev–Trinajstić information content (AvgIpc) is 3.04. The van der Waals surface area contributed by atoms with E-state index in [0.717, 1.165) is 25.1 Å². The van der Waals surface area contributed by atoms with E-state index in [1.165, 1.54) is 0 Å². The Labute approximate surface area is 195 Å². The first-order valence-electron chi connectivity index (χ1n) is 12.8. The Balaban J connectivity index is 1.41. The standard InChI is InChI=1S/C26H39NO6/c1-24-13-22(31)21(30)12-19(24)20(29)11-18-16(24)3-7-25(2)17(4-8-26(18,25)33)23(32)14-27-9-5-15(28)6-10-27/h11,15-17,19,21-22,28,30-31,33H,3-10,12-14H2,1-2H3/t16?,17?,19-,21+,22-,24+,25+,26?/m0/s1. The van der Waals surface area contributed by atoms with Crippen molar-refractivity contribution in [1.29, 1.82) is 0 Å². The average molecular weight is 462 g/mol. The van der Waals surface area contributed by atoms with Gasteiger partial charge in [0.25, 0.3) is 0 Å². The lowest BCUT2D eigenvalue weighted by atomic mass is 9.46. The molecule has 7 heteroatoms. The van der Waals surface area contributed by atoms with E-state index < -0.39 is 28.6 Å². The molecule has 0 aromatic heterocycles. The second-order valence-corrected chi connectivity index (χ2v) is 12.1. The van der Waals surface area contributed by atoms with Crippen LogP contribution in [0, 0.1) is 28.6 Å². The van der Waals surface area contributed by atoms with E-state index in [9.17, 15) is 30.0 Å². The molecule has 3 unspecified atom stereocenters. The van der Waals surface area contributed by atoms with Gasteiger partial charge in [-0.3, -0.25) is 14.5 Å². The van der Waals surface area contributed by atoms with E-state index in [1.807, 2.05) is 13.8 Å². The summed E-state index contributed by atoms with van der Waals surface area (Å²) in [5.41, 5.74) is -1.54. The summed E-state index contributed by atoms with van der Waals surface area (Å²) in [6.07, 6.45) is 4.17. The van der Waals surface area contributed by atoms with Gasteiger partial charge in [-0.1, -0.05) is 13.8 Å². The molecule has 4 N–H and O–H groups in total. The van der Waals surface area contributed by atoms with E-state index in [-0.39, 0.29) is 41.8 Å². The van der Waals surface area contributed by atoms with Crippen molar-refractivity contribution in [1.82, 2.24) is 4.90 Å². The van der Waals surface area contributed by atoms with Crippen molar-refractivity contribution < 1.29 is 30.0 Å². The van der Waals surface area contributed by atoms with Crippen LogP contribution in [0.25, 0.3) is 0 Å². The van der Waals surface area contributed by atoms with E-state index in [1.54, 1.807) is 6.08 Å². The number of hydrogen-bond acceptors (Lipinski definition) is 7. The summed E-state index contributed by atoms with van der Waals surface area (Å²) in [5.74, 6) is -0.528. The summed E-state index contributed by atoms with van der Waals surface area (Å²) in [5, 5.41) is 42.5. The highest BCUT2D eigenvalue weighted by atomic mass is 16.3. The number of hydrogen-bond donors (Lipinski definition) is 4. The number of ketones is 2. The van der Waals surface area contributed by atoms with Crippen molar-refractivity contribution in [3.63, 3.8) is 0 Å². The van der Waals surface area contributed by atoms with Crippen LogP contribution in [0.15, 0.2) is 11.6 Å². The molecule has 5 rings (SSSR count). The third-order valence-corrected chi connectivity index (χ3v) is 10.4. The fourth-order valence-electron chi connectivity index (χ4n) is 8.29. The number of likely N-dealkylation sites (tertiary alicyclic amines) is 1. The predicted molar refractivity (Wildman–Crippen MR) is 121 cm³/mol. The van der Waals surface area contributed by atoms with Gasteiger partial charge < -0.3 is 20.4 Å². The molecule has 8 atom stereocenters. The fraction of sp³-hybridized carbons (Fsp3) is 0.846. The highest BCUT2D eigenvalue weighted by Gasteiger charge is 2.67. The summed E-state index contributed by atoms with van der Waals surface area (Å²) in [6, 6.07) is 0. The van der Waals surface area contributed by atoms with Crippen molar-refractivity contribution in [2.75, 3.05) is 19.6 Å². The van der Waals surface area contributed by atoms with Gasteiger partial charge in [0.1, 0.15) is 0 Å². The molecule has 1 heterocycles. The van der Waals surface area contributed by atoms with Gasteiger partial charge in [-0.15, -0.1) is 0 Å². The lowest BCUT2D eigenvalue weighted by molar-refractivity contribution is -0.154. The van der Waals surface area contributed by atoms with Crippen molar-refractivity contribution in [2.24, 2.45) is 28.6 Å². The van der Waals surface area contributed by atoms with Crippen LogP contribution in [0.3, 0.4) is 0 Å². The SMILES string of the molecule is C[C@]12C[C@H](O)[C@H](O)C[C@H]1C(=O)C=C1C2CC[C@]2(C)C(C(=O)CN3CCC(O)CC3)CCC12O. The number of fused-ring (bicyclic) bond motifs is 5. The van der Waals surface area contributed by atoms with Gasteiger partial charge in [-0.25, -0.2) is 0 Å². The Kier molecular flexibility index (Phi) is 5.69. The first kappa shape index (κ1) is 23.6. The molecule has 1 saturated heterocycles. The minimum atomic E-state index is -1.20. The summed E-state index contributed by atoms with van der Waals surface area (Å²) in [6.45, 7) is 5.86. The topological polar surface area (TPSA) is 118 Å². The van der Waals surface area contributed by atoms with Crippen LogP contribution in [0.5, 0.6) is 0 Å². The molecule has 4 fully saturated rings. The van der Waals surface area contributed by atoms with Gasteiger partial charge in [0, 0.05) is 30.3 Å². The molecule has 184 valence electrons. The molecule has 4 aliphatic carbocycles. The first-order chi connectivity index (χ1) is 15.5. The van der Waals surface area contributed by atoms with E-state index >= 15 is 0 Å². The zero-order chi connectivity index (χ0) is 23.8. The van der Waals surface area contributed by atoms with Gasteiger partial charge in [0.2, 0.25) is 0 Å². The Hall–Kier alpha value is -1.12. The number of nitrogens with zero attached hydrogens (tertiary/aromatic N) is 1. The van der Waals surface area contributed by atoms with E-state index in [2.05, 4.69) is 4.90 Å². The number of piperidine rings is 1. The molecule has 0 aromatic carbocycles. The Morgan fingerprint density at radius 3 is 2.42 bits per heavy atom. The number of aliphatic hydroxyl groups is 4.